The van der Waals surface area contributed by atoms with Gasteiger partial charge in [0.25, 0.3) is 5.91 Å². The minimum Gasteiger partial charge on any atom is -0.394 e. The highest BCUT2D eigenvalue weighted by atomic mass is 32.1. The zero-order valence-corrected chi connectivity index (χ0v) is 17.0. The summed E-state index contributed by atoms with van der Waals surface area (Å²) in [5.74, 6) is -0.0507. The van der Waals surface area contributed by atoms with Crippen LogP contribution in [0.3, 0.4) is 0 Å². The molecular formula is C21H29N3O2S. The molecule has 0 bridgehead atoms. The second-order valence-electron chi connectivity index (χ2n) is 7.16. The molecule has 0 saturated carbocycles. The highest BCUT2D eigenvalue weighted by molar-refractivity contribution is 7.10. The van der Waals surface area contributed by atoms with Gasteiger partial charge < -0.3 is 10.4 Å². The Morgan fingerprint density at radius 1 is 1.41 bits per heavy atom. The lowest BCUT2D eigenvalue weighted by Crippen LogP contribution is -2.38. The average molecular weight is 388 g/mol. The van der Waals surface area contributed by atoms with Crippen LogP contribution in [0.5, 0.6) is 0 Å². The normalized spacial score (nSPS) is 15.4. The van der Waals surface area contributed by atoms with Crippen LogP contribution in [-0.2, 0) is 25.9 Å². The molecule has 0 fully saturated rings. The fourth-order valence-electron chi connectivity index (χ4n) is 3.51. The molecule has 1 aliphatic rings. The Kier molecular flexibility index (Phi) is 6.99. The molecule has 0 aromatic carbocycles. The molecule has 0 spiro atoms. The van der Waals surface area contributed by atoms with Crippen LogP contribution in [0.2, 0.25) is 0 Å². The van der Waals surface area contributed by atoms with E-state index in [4.69, 9.17) is 0 Å². The number of thiophene rings is 1. The summed E-state index contributed by atoms with van der Waals surface area (Å²) < 4.78 is 0. The Bertz CT molecular complexity index is 757. The third kappa shape index (κ3) is 4.94. The van der Waals surface area contributed by atoms with Crippen molar-refractivity contribution in [3.63, 3.8) is 0 Å². The highest BCUT2D eigenvalue weighted by Crippen LogP contribution is 2.29. The van der Waals surface area contributed by atoms with Crippen molar-refractivity contribution < 1.29 is 9.90 Å². The molecule has 0 radical (unpaired) electrons. The Balaban J connectivity index is 1.63. The number of hydrogen-bond acceptors (Lipinski definition) is 5. The van der Waals surface area contributed by atoms with Gasteiger partial charge in [-0.15, -0.1) is 11.3 Å². The van der Waals surface area contributed by atoms with E-state index in [2.05, 4.69) is 41.2 Å². The van der Waals surface area contributed by atoms with E-state index in [0.717, 1.165) is 56.6 Å². The van der Waals surface area contributed by atoms with Gasteiger partial charge in [0.1, 0.15) is 0 Å². The summed E-state index contributed by atoms with van der Waals surface area (Å²) in [6.07, 6.45) is 5.59. The Morgan fingerprint density at radius 3 is 2.93 bits per heavy atom. The van der Waals surface area contributed by atoms with Crippen molar-refractivity contribution in [1.82, 2.24) is 15.2 Å². The van der Waals surface area contributed by atoms with Crippen LogP contribution < -0.4 is 5.32 Å². The summed E-state index contributed by atoms with van der Waals surface area (Å²) in [6.45, 7) is 6.82. The van der Waals surface area contributed by atoms with Crippen LogP contribution in [0.1, 0.15) is 58.7 Å². The van der Waals surface area contributed by atoms with E-state index in [-0.39, 0.29) is 18.6 Å². The number of carbonyl (C=O) groups is 1. The number of carbonyl (C=O) groups excluding carboxylic acids is 1. The van der Waals surface area contributed by atoms with Crippen molar-refractivity contribution in [2.45, 2.75) is 58.7 Å². The van der Waals surface area contributed by atoms with Gasteiger partial charge in [-0.05, 0) is 36.5 Å². The molecule has 2 N–H and O–H groups in total. The monoisotopic (exact) mass is 387 g/mol. The first kappa shape index (κ1) is 20.0. The van der Waals surface area contributed by atoms with Crippen molar-refractivity contribution in [2.75, 3.05) is 13.2 Å². The molecule has 3 heterocycles. The molecule has 0 unspecified atom stereocenters. The van der Waals surface area contributed by atoms with Crippen LogP contribution in [0, 0.1) is 0 Å². The van der Waals surface area contributed by atoms with Crippen molar-refractivity contribution in [3.8, 4) is 0 Å². The average Bonchev–Trinajstić information content (AvgIpc) is 3.11. The van der Waals surface area contributed by atoms with Crippen LogP contribution in [0.4, 0.5) is 0 Å². The van der Waals surface area contributed by atoms with Crippen molar-refractivity contribution in [1.29, 1.82) is 0 Å². The van der Waals surface area contributed by atoms with Gasteiger partial charge >= 0.3 is 0 Å². The number of aliphatic hydroxyl groups excluding tert-OH is 1. The van der Waals surface area contributed by atoms with Gasteiger partial charge in [0, 0.05) is 36.1 Å². The molecular weight excluding hydrogens is 358 g/mol. The zero-order valence-electron chi connectivity index (χ0n) is 16.2. The summed E-state index contributed by atoms with van der Waals surface area (Å²) in [5, 5.41) is 14.4. The summed E-state index contributed by atoms with van der Waals surface area (Å²) >= 11 is 1.66. The van der Waals surface area contributed by atoms with Crippen molar-refractivity contribution in [3.05, 3.63) is 51.0 Å². The molecule has 2 aromatic heterocycles. The van der Waals surface area contributed by atoms with Crippen molar-refractivity contribution >= 4 is 17.2 Å². The maximum atomic E-state index is 12.6. The van der Waals surface area contributed by atoms with Crippen molar-refractivity contribution in [2.24, 2.45) is 0 Å². The van der Waals surface area contributed by atoms with Gasteiger partial charge in [-0.2, -0.15) is 0 Å². The first-order chi connectivity index (χ1) is 13.1. The quantitative estimate of drug-likeness (QED) is 0.730. The van der Waals surface area contributed by atoms with Crippen LogP contribution in [0.15, 0.2) is 23.7 Å². The lowest BCUT2D eigenvalue weighted by atomic mass is 10.0. The number of nitrogens with zero attached hydrogens (tertiary/aromatic N) is 2. The molecule has 0 saturated heterocycles. The Morgan fingerprint density at radius 2 is 2.26 bits per heavy atom. The number of hydrogen-bond donors (Lipinski definition) is 2. The molecule has 1 aliphatic heterocycles. The Labute approximate surface area is 165 Å². The zero-order chi connectivity index (χ0) is 19.2. The Hall–Kier alpha value is -1.76. The predicted molar refractivity (Wildman–Crippen MR) is 109 cm³/mol. The fraction of sp³-hybridized carbons (Fsp3) is 0.524. The van der Waals surface area contributed by atoms with E-state index < -0.39 is 0 Å². The van der Waals surface area contributed by atoms with Gasteiger partial charge in [0.15, 0.2) is 0 Å². The maximum Gasteiger partial charge on any atom is 0.252 e. The lowest BCUT2D eigenvalue weighted by molar-refractivity contribution is 0.0911. The topological polar surface area (TPSA) is 65.5 Å². The third-order valence-electron chi connectivity index (χ3n) is 5.14. The van der Waals surface area contributed by atoms with E-state index in [1.807, 2.05) is 11.6 Å². The molecule has 1 atom stereocenters. The predicted octanol–water partition coefficient (Wildman–Crippen LogP) is 3.15. The summed E-state index contributed by atoms with van der Waals surface area (Å²) in [5.41, 5.74) is 4.32. The maximum absolute atomic E-state index is 12.6. The minimum atomic E-state index is -0.157. The molecule has 27 heavy (non-hydrogen) atoms. The standard InChI is InChI=1S/C21H29N3O2S/c1-3-5-17(13-25)23-21(26)19-14-27-20-12-24(9-8-18(19)20)11-16-7-6-15(4-2)10-22-16/h6-7,10,14,17,25H,3-5,8-9,11-13H2,1-2H3,(H,23,26)/t17-/m0/s1. The first-order valence-electron chi connectivity index (χ1n) is 9.81. The van der Waals surface area contributed by atoms with Gasteiger partial charge in [0.2, 0.25) is 0 Å². The van der Waals surface area contributed by atoms with Gasteiger partial charge in [0.05, 0.1) is 23.9 Å². The molecule has 2 aromatic rings. The first-order valence-corrected chi connectivity index (χ1v) is 10.7. The largest absolute Gasteiger partial charge is 0.394 e. The molecule has 1 amide bonds. The van der Waals surface area contributed by atoms with Crippen LogP contribution in [-0.4, -0.2) is 40.1 Å². The molecule has 3 rings (SSSR count). The number of pyridine rings is 1. The number of aliphatic hydroxyl groups is 1. The van der Waals surface area contributed by atoms with Gasteiger partial charge in [-0.1, -0.05) is 26.3 Å². The molecule has 146 valence electrons. The van der Waals surface area contributed by atoms with Crippen LogP contribution >= 0.6 is 11.3 Å². The fourth-order valence-corrected chi connectivity index (χ4v) is 4.64. The number of amides is 1. The second-order valence-corrected chi connectivity index (χ2v) is 8.13. The van der Waals surface area contributed by atoms with Crippen LogP contribution in [0.25, 0.3) is 0 Å². The van der Waals surface area contributed by atoms with E-state index >= 15 is 0 Å². The summed E-state index contributed by atoms with van der Waals surface area (Å²) in [7, 11) is 0. The molecule has 6 heteroatoms. The lowest BCUT2D eigenvalue weighted by Gasteiger charge is -2.27. The SMILES string of the molecule is CCC[C@@H](CO)NC(=O)c1csc2c1CCN(Cc1ccc(CC)cn1)C2. The van der Waals surface area contributed by atoms with E-state index in [0.29, 0.717) is 0 Å². The van der Waals surface area contributed by atoms with E-state index in [9.17, 15) is 9.90 Å². The minimum absolute atomic E-state index is 0.0104. The number of nitrogens with one attached hydrogen (secondary N) is 1. The highest BCUT2D eigenvalue weighted by Gasteiger charge is 2.25. The number of aromatic nitrogens is 1. The van der Waals surface area contributed by atoms with E-state index in [1.165, 1.54) is 16.0 Å². The third-order valence-corrected chi connectivity index (χ3v) is 6.16. The number of fused-ring (bicyclic) bond motifs is 1. The molecule has 0 aliphatic carbocycles. The molecule has 5 nitrogen and oxygen atoms in total. The summed E-state index contributed by atoms with van der Waals surface area (Å²) in [4.78, 5) is 20.8. The smallest absolute Gasteiger partial charge is 0.252 e. The number of rotatable bonds is 8. The van der Waals surface area contributed by atoms with E-state index in [1.54, 1.807) is 11.3 Å². The van der Waals surface area contributed by atoms with Gasteiger partial charge in [-0.25, -0.2) is 0 Å². The van der Waals surface area contributed by atoms with Gasteiger partial charge in [-0.3, -0.25) is 14.7 Å². The number of aryl methyl sites for hydroxylation is 1. The summed E-state index contributed by atoms with van der Waals surface area (Å²) in [6, 6.07) is 4.11. The second kappa shape index (κ2) is 9.44.